The Bertz CT molecular complexity index is 377. The number of nitrogens with one attached hydrogen (secondary N) is 1. The van der Waals surface area contributed by atoms with Crippen LogP contribution in [0.4, 0.5) is 0 Å². The van der Waals surface area contributed by atoms with E-state index in [0.29, 0.717) is 6.04 Å². The fourth-order valence-electron chi connectivity index (χ4n) is 2.50. The molecule has 0 aliphatic heterocycles. The molecular weight excluding hydrogens is 226 g/mol. The molecule has 1 fully saturated rings. The quantitative estimate of drug-likeness (QED) is 0.888. The van der Waals surface area contributed by atoms with Gasteiger partial charge < -0.3 is 10.1 Å². The summed E-state index contributed by atoms with van der Waals surface area (Å²) in [5.74, 6) is 1.45. The minimum Gasteiger partial charge on any atom is -0.484 e. The van der Waals surface area contributed by atoms with Crippen LogP contribution >= 0.6 is 0 Å². The van der Waals surface area contributed by atoms with Gasteiger partial charge >= 0.3 is 0 Å². The third kappa shape index (κ3) is 4.06. The maximum absolute atomic E-state index is 11.8. The Hall–Kier alpha value is -1.51. The smallest absolute Gasteiger partial charge is 0.258 e. The molecule has 1 aliphatic carbocycles. The second kappa shape index (κ2) is 6.43. The van der Waals surface area contributed by atoms with Crippen LogP contribution in [0.15, 0.2) is 30.3 Å². The van der Waals surface area contributed by atoms with Gasteiger partial charge in [-0.1, -0.05) is 38.0 Å². The van der Waals surface area contributed by atoms with Crippen LogP contribution in [-0.4, -0.2) is 18.6 Å². The molecule has 3 nitrogen and oxygen atoms in total. The summed E-state index contributed by atoms with van der Waals surface area (Å²) in [4.78, 5) is 11.8. The largest absolute Gasteiger partial charge is 0.484 e. The van der Waals surface area contributed by atoms with Crippen molar-refractivity contribution in [1.29, 1.82) is 0 Å². The lowest BCUT2D eigenvalue weighted by Crippen LogP contribution is -2.40. The van der Waals surface area contributed by atoms with Gasteiger partial charge in [-0.2, -0.15) is 0 Å². The summed E-state index contributed by atoms with van der Waals surface area (Å²) < 4.78 is 5.42. The van der Waals surface area contributed by atoms with Crippen molar-refractivity contribution in [3.05, 3.63) is 30.3 Å². The van der Waals surface area contributed by atoms with Gasteiger partial charge in [0.15, 0.2) is 6.61 Å². The Balaban J connectivity index is 1.72. The predicted molar refractivity (Wildman–Crippen MR) is 71.5 cm³/mol. The first-order chi connectivity index (χ1) is 8.74. The molecule has 18 heavy (non-hydrogen) atoms. The molecule has 0 radical (unpaired) electrons. The highest BCUT2D eigenvalue weighted by Crippen LogP contribution is 2.23. The lowest BCUT2D eigenvalue weighted by atomic mass is 9.87. The number of carbonyl (C=O) groups is 1. The van der Waals surface area contributed by atoms with Gasteiger partial charge in [0.2, 0.25) is 0 Å². The van der Waals surface area contributed by atoms with Crippen molar-refractivity contribution in [2.75, 3.05) is 6.61 Å². The number of para-hydroxylation sites is 1. The van der Waals surface area contributed by atoms with Gasteiger partial charge in [0.1, 0.15) is 5.75 Å². The van der Waals surface area contributed by atoms with Gasteiger partial charge in [0, 0.05) is 6.04 Å². The molecule has 1 aromatic carbocycles. The van der Waals surface area contributed by atoms with E-state index in [1.54, 1.807) is 0 Å². The lowest BCUT2D eigenvalue weighted by Gasteiger charge is -2.27. The van der Waals surface area contributed by atoms with E-state index in [1.165, 1.54) is 12.8 Å². The van der Waals surface area contributed by atoms with E-state index >= 15 is 0 Å². The average Bonchev–Trinajstić information content (AvgIpc) is 2.38. The summed E-state index contributed by atoms with van der Waals surface area (Å²) in [6.45, 7) is 2.35. The Labute approximate surface area is 109 Å². The van der Waals surface area contributed by atoms with Crippen LogP contribution in [-0.2, 0) is 4.79 Å². The monoisotopic (exact) mass is 247 g/mol. The third-order valence-corrected chi connectivity index (χ3v) is 3.41. The normalized spacial score (nSPS) is 23.4. The summed E-state index contributed by atoms with van der Waals surface area (Å²) in [6.07, 6.45) is 4.69. The van der Waals surface area contributed by atoms with Gasteiger partial charge in [-0.25, -0.2) is 0 Å². The molecule has 0 saturated heterocycles. The van der Waals surface area contributed by atoms with Gasteiger partial charge in [-0.05, 0) is 30.9 Å². The molecule has 1 aliphatic rings. The standard InChI is InChI=1S/C15H21NO2/c1-12-6-5-7-13(10-12)16-15(17)11-18-14-8-3-2-4-9-14/h2-4,8-9,12-13H,5-7,10-11H2,1H3,(H,16,17)/t12-,13+/m1/s1. The number of ether oxygens (including phenoxy) is 1. The van der Waals surface area contributed by atoms with Crippen molar-refractivity contribution in [2.24, 2.45) is 5.92 Å². The second-order valence-electron chi connectivity index (χ2n) is 5.14. The van der Waals surface area contributed by atoms with E-state index in [4.69, 9.17) is 4.74 Å². The summed E-state index contributed by atoms with van der Waals surface area (Å²) in [7, 11) is 0. The molecular formula is C15H21NO2. The number of hydrogen-bond acceptors (Lipinski definition) is 2. The van der Waals surface area contributed by atoms with Crippen molar-refractivity contribution in [3.63, 3.8) is 0 Å². The number of rotatable bonds is 4. The third-order valence-electron chi connectivity index (χ3n) is 3.41. The van der Waals surface area contributed by atoms with Crippen LogP contribution in [0.2, 0.25) is 0 Å². The molecule has 3 heteroatoms. The number of amides is 1. The van der Waals surface area contributed by atoms with Crippen LogP contribution in [0.5, 0.6) is 5.75 Å². The second-order valence-corrected chi connectivity index (χ2v) is 5.14. The van der Waals surface area contributed by atoms with E-state index in [0.717, 1.165) is 24.5 Å². The first-order valence-corrected chi connectivity index (χ1v) is 6.71. The Morgan fingerprint density at radius 1 is 1.33 bits per heavy atom. The molecule has 0 bridgehead atoms. The highest BCUT2D eigenvalue weighted by Gasteiger charge is 2.20. The number of hydrogen-bond donors (Lipinski definition) is 1. The fraction of sp³-hybridized carbons (Fsp3) is 0.533. The van der Waals surface area contributed by atoms with Gasteiger partial charge in [-0.15, -0.1) is 0 Å². The van der Waals surface area contributed by atoms with E-state index in [-0.39, 0.29) is 12.5 Å². The van der Waals surface area contributed by atoms with Crippen molar-refractivity contribution in [1.82, 2.24) is 5.32 Å². The molecule has 98 valence electrons. The molecule has 1 N–H and O–H groups in total. The molecule has 1 amide bonds. The number of benzene rings is 1. The molecule has 2 rings (SSSR count). The number of carbonyl (C=O) groups excluding carboxylic acids is 1. The zero-order valence-corrected chi connectivity index (χ0v) is 10.9. The molecule has 1 aromatic rings. The van der Waals surface area contributed by atoms with Gasteiger partial charge in [0.05, 0.1) is 0 Å². The topological polar surface area (TPSA) is 38.3 Å². The predicted octanol–water partition coefficient (Wildman–Crippen LogP) is 2.76. The zero-order chi connectivity index (χ0) is 12.8. The van der Waals surface area contributed by atoms with Crippen LogP contribution in [0.1, 0.15) is 32.6 Å². The first kappa shape index (κ1) is 12.9. The van der Waals surface area contributed by atoms with Gasteiger partial charge in [0.25, 0.3) is 5.91 Å². The molecule has 0 heterocycles. The fourth-order valence-corrected chi connectivity index (χ4v) is 2.50. The van der Waals surface area contributed by atoms with Crippen molar-refractivity contribution < 1.29 is 9.53 Å². The van der Waals surface area contributed by atoms with E-state index < -0.39 is 0 Å². The minimum atomic E-state index is -0.0158. The van der Waals surface area contributed by atoms with Crippen LogP contribution in [0.3, 0.4) is 0 Å². The van der Waals surface area contributed by atoms with Crippen molar-refractivity contribution in [3.8, 4) is 5.75 Å². The summed E-state index contributed by atoms with van der Waals surface area (Å²) in [6, 6.07) is 9.77. The van der Waals surface area contributed by atoms with Crippen molar-refractivity contribution >= 4 is 5.91 Å². The molecule has 0 unspecified atom stereocenters. The van der Waals surface area contributed by atoms with E-state index in [1.807, 2.05) is 30.3 Å². The first-order valence-electron chi connectivity index (χ1n) is 6.71. The van der Waals surface area contributed by atoms with Gasteiger partial charge in [-0.3, -0.25) is 4.79 Å². The molecule has 1 saturated carbocycles. The van der Waals surface area contributed by atoms with E-state index in [9.17, 15) is 4.79 Å². The van der Waals surface area contributed by atoms with Crippen LogP contribution < -0.4 is 10.1 Å². The summed E-state index contributed by atoms with van der Waals surface area (Å²) in [5, 5.41) is 3.06. The summed E-state index contributed by atoms with van der Waals surface area (Å²) >= 11 is 0. The summed E-state index contributed by atoms with van der Waals surface area (Å²) in [5.41, 5.74) is 0. The van der Waals surface area contributed by atoms with Crippen LogP contribution in [0, 0.1) is 5.92 Å². The maximum Gasteiger partial charge on any atom is 0.258 e. The molecule has 0 spiro atoms. The SMILES string of the molecule is C[C@@H]1CCC[C@H](NC(=O)COc2ccccc2)C1. The highest BCUT2D eigenvalue weighted by atomic mass is 16.5. The molecule has 0 aromatic heterocycles. The molecule has 2 atom stereocenters. The minimum absolute atomic E-state index is 0.0158. The van der Waals surface area contributed by atoms with Crippen LogP contribution in [0.25, 0.3) is 0 Å². The highest BCUT2D eigenvalue weighted by molar-refractivity contribution is 5.77. The average molecular weight is 247 g/mol. The Morgan fingerprint density at radius 3 is 2.83 bits per heavy atom. The Kier molecular flexibility index (Phi) is 4.62. The maximum atomic E-state index is 11.8. The van der Waals surface area contributed by atoms with Crippen molar-refractivity contribution in [2.45, 2.75) is 38.6 Å². The zero-order valence-electron chi connectivity index (χ0n) is 10.9. The Morgan fingerprint density at radius 2 is 2.11 bits per heavy atom. The lowest BCUT2D eigenvalue weighted by molar-refractivity contribution is -0.124. The van der Waals surface area contributed by atoms with E-state index in [2.05, 4.69) is 12.2 Å².